The molecule has 0 saturated heterocycles. The molecular formula is C18H15N3O3. The Hall–Kier alpha value is -3.41. The highest BCUT2D eigenvalue weighted by Gasteiger charge is 2.12. The Bertz CT molecular complexity index is 943. The first-order chi connectivity index (χ1) is 11.5. The number of aromatic nitrogens is 2. The average Bonchev–Trinajstić information content (AvgIpc) is 2.95. The van der Waals surface area contributed by atoms with Crippen LogP contribution in [0.2, 0.25) is 0 Å². The van der Waals surface area contributed by atoms with E-state index in [9.17, 15) is 14.7 Å². The number of anilines is 1. The summed E-state index contributed by atoms with van der Waals surface area (Å²) < 4.78 is 0. The van der Waals surface area contributed by atoms with Crippen molar-refractivity contribution in [3.8, 4) is 0 Å². The van der Waals surface area contributed by atoms with Crippen molar-refractivity contribution in [2.75, 3.05) is 5.32 Å². The molecule has 0 saturated carbocycles. The molecule has 0 unspecified atom stereocenters. The summed E-state index contributed by atoms with van der Waals surface area (Å²) in [5.74, 6) is -1.21. The molecule has 0 aliphatic carbocycles. The van der Waals surface area contributed by atoms with E-state index in [1.807, 2.05) is 6.07 Å². The summed E-state index contributed by atoms with van der Waals surface area (Å²) in [6, 6.07) is 10.7. The zero-order valence-corrected chi connectivity index (χ0v) is 12.9. The van der Waals surface area contributed by atoms with Crippen molar-refractivity contribution in [1.29, 1.82) is 0 Å². The largest absolute Gasteiger partial charge is 0.478 e. The van der Waals surface area contributed by atoms with E-state index in [0.29, 0.717) is 22.5 Å². The van der Waals surface area contributed by atoms with E-state index < -0.39 is 5.97 Å². The number of nitrogens with zero attached hydrogens (tertiary/aromatic N) is 1. The van der Waals surface area contributed by atoms with Crippen molar-refractivity contribution >= 4 is 40.2 Å². The fourth-order valence-electron chi connectivity index (χ4n) is 2.46. The van der Waals surface area contributed by atoms with Crippen LogP contribution in [0.3, 0.4) is 0 Å². The molecule has 3 N–H and O–H groups in total. The third-order valence-corrected chi connectivity index (χ3v) is 3.50. The first kappa shape index (κ1) is 15.5. The van der Waals surface area contributed by atoms with Gasteiger partial charge in [0.25, 0.3) is 0 Å². The second kappa shape index (κ2) is 6.37. The molecule has 0 fully saturated rings. The van der Waals surface area contributed by atoms with E-state index in [4.69, 9.17) is 0 Å². The van der Waals surface area contributed by atoms with Gasteiger partial charge in [-0.25, -0.2) is 9.78 Å². The first-order valence-corrected chi connectivity index (χ1v) is 7.30. The maximum absolute atomic E-state index is 11.6. The zero-order chi connectivity index (χ0) is 17.1. The maximum Gasteiger partial charge on any atom is 0.336 e. The van der Waals surface area contributed by atoms with Crippen LogP contribution in [0.25, 0.3) is 22.7 Å². The van der Waals surface area contributed by atoms with Crippen LogP contribution < -0.4 is 5.32 Å². The summed E-state index contributed by atoms with van der Waals surface area (Å²) in [6.45, 7) is 1.42. The maximum atomic E-state index is 11.6. The van der Waals surface area contributed by atoms with Gasteiger partial charge in [0.05, 0.1) is 17.5 Å². The SMILES string of the molecule is CC(=O)Nc1cnc2[nH]cc(C=C(C(=O)O)c3ccccc3)c2c1. The fourth-order valence-corrected chi connectivity index (χ4v) is 2.46. The van der Waals surface area contributed by atoms with Crippen LogP contribution in [-0.4, -0.2) is 27.0 Å². The van der Waals surface area contributed by atoms with Gasteiger partial charge in [-0.2, -0.15) is 0 Å². The van der Waals surface area contributed by atoms with Gasteiger partial charge in [0.1, 0.15) is 5.65 Å². The molecule has 0 radical (unpaired) electrons. The minimum absolute atomic E-state index is 0.182. The average molecular weight is 321 g/mol. The molecule has 1 amide bonds. The van der Waals surface area contributed by atoms with Gasteiger partial charge in [0.15, 0.2) is 0 Å². The van der Waals surface area contributed by atoms with E-state index in [-0.39, 0.29) is 11.5 Å². The highest BCUT2D eigenvalue weighted by molar-refractivity contribution is 6.21. The lowest BCUT2D eigenvalue weighted by atomic mass is 10.0. The third-order valence-electron chi connectivity index (χ3n) is 3.50. The molecule has 0 atom stereocenters. The summed E-state index contributed by atoms with van der Waals surface area (Å²) in [4.78, 5) is 30.0. The number of fused-ring (bicyclic) bond motifs is 1. The minimum atomic E-state index is -1.01. The van der Waals surface area contributed by atoms with Gasteiger partial charge >= 0.3 is 5.97 Å². The lowest BCUT2D eigenvalue weighted by Gasteiger charge is -2.03. The highest BCUT2D eigenvalue weighted by atomic mass is 16.4. The van der Waals surface area contributed by atoms with Crippen LogP contribution in [0.5, 0.6) is 0 Å². The van der Waals surface area contributed by atoms with Gasteiger partial charge in [0.2, 0.25) is 5.91 Å². The van der Waals surface area contributed by atoms with Gasteiger partial charge in [-0.1, -0.05) is 30.3 Å². The van der Waals surface area contributed by atoms with Crippen molar-refractivity contribution in [3.05, 3.63) is 59.9 Å². The van der Waals surface area contributed by atoms with Crippen molar-refractivity contribution in [3.63, 3.8) is 0 Å². The van der Waals surface area contributed by atoms with Crippen LogP contribution in [0.1, 0.15) is 18.1 Å². The number of H-pyrrole nitrogens is 1. The van der Waals surface area contributed by atoms with Gasteiger partial charge in [-0.05, 0) is 17.7 Å². The van der Waals surface area contributed by atoms with Crippen LogP contribution in [0.15, 0.2) is 48.8 Å². The van der Waals surface area contributed by atoms with Crippen molar-refractivity contribution in [2.45, 2.75) is 6.92 Å². The summed E-state index contributed by atoms with van der Waals surface area (Å²) in [5.41, 5.74) is 2.66. The van der Waals surface area contributed by atoms with Crippen LogP contribution in [-0.2, 0) is 9.59 Å². The molecule has 3 rings (SSSR count). The monoisotopic (exact) mass is 321 g/mol. The number of carbonyl (C=O) groups excluding carboxylic acids is 1. The number of amides is 1. The quantitative estimate of drug-likeness (QED) is 0.643. The normalized spacial score (nSPS) is 11.5. The van der Waals surface area contributed by atoms with Crippen molar-refractivity contribution in [2.24, 2.45) is 0 Å². The second-order valence-corrected chi connectivity index (χ2v) is 5.27. The third kappa shape index (κ3) is 3.17. The molecule has 120 valence electrons. The fraction of sp³-hybridized carbons (Fsp3) is 0.0556. The molecule has 6 heteroatoms. The number of nitrogens with one attached hydrogen (secondary N) is 2. The highest BCUT2D eigenvalue weighted by Crippen LogP contribution is 2.25. The number of aliphatic carboxylic acids is 1. The van der Waals surface area contributed by atoms with Crippen LogP contribution in [0, 0.1) is 0 Å². The number of hydrogen-bond acceptors (Lipinski definition) is 3. The minimum Gasteiger partial charge on any atom is -0.478 e. The van der Waals surface area contributed by atoms with E-state index in [1.165, 1.54) is 6.92 Å². The molecular weight excluding hydrogens is 306 g/mol. The molecule has 0 bridgehead atoms. The molecule has 2 aromatic heterocycles. The van der Waals surface area contributed by atoms with Gasteiger partial charge in [-0.3, -0.25) is 4.79 Å². The van der Waals surface area contributed by atoms with Crippen LogP contribution in [0.4, 0.5) is 5.69 Å². The summed E-state index contributed by atoms with van der Waals surface area (Å²) >= 11 is 0. The zero-order valence-electron chi connectivity index (χ0n) is 12.9. The van der Waals surface area contributed by atoms with Gasteiger partial charge < -0.3 is 15.4 Å². The van der Waals surface area contributed by atoms with Crippen molar-refractivity contribution < 1.29 is 14.7 Å². The standard InChI is InChI=1S/C18H15N3O3/c1-11(22)21-14-8-15-13(9-19-17(15)20-10-14)7-16(18(23)24)12-5-3-2-4-6-12/h2-10H,1H3,(H,19,20)(H,21,22)(H,23,24). The number of carboxylic acids is 1. The van der Waals surface area contributed by atoms with Crippen LogP contribution >= 0.6 is 0 Å². The Kier molecular flexibility index (Phi) is 4.11. The van der Waals surface area contributed by atoms with E-state index in [0.717, 1.165) is 5.39 Å². The predicted octanol–water partition coefficient (Wildman–Crippen LogP) is 3.15. The topological polar surface area (TPSA) is 95.1 Å². The molecule has 2 heterocycles. The van der Waals surface area contributed by atoms with Crippen molar-refractivity contribution in [1.82, 2.24) is 9.97 Å². The number of hydrogen-bond donors (Lipinski definition) is 3. The predicted molar refractivity (Wildman–Crippen MR) is 92.3 cm³/mol. The molecule has 3 aromatic rings. The molecule has 24 heavy (non-hydrogen) atoms. The summed E-state index contributed by atoms with van der Waals surface area (Å²) in [5, 5.41) is 12.9. The van der Waals surface area contributed by atoms with E-state index in [1.54, 1.807) is 48.8 Å². The van der Waals surface area contributed by atoms with E-state index >= 15 is 0 Å². The number of pyridine rings is 1. The number of benzene rings is 1. The Morgan fingerprint density at radius 1 is 1.25 bits per heavy atom. The number of rotatable bonds is 4. The smallest absolute Gasteiger partial charge is 0.336 e. The second-order valence-electron chi connectivity index (χ2n) is 5.27. The number of aromatic amines is 1. The Labute approximate surface area is 137 Å². The Morgan fingerprint density at radius 3 is 2.67 bits per heavy atom. The molecule has 1 aromatic carbocycles. The number of carboxylic acid groups (broad SMARTS) is 1. The van der Waals surface area contributed by atoms with Gasteiger partial charge in [-0.15, -0.1) is 0 Å². The molecule has 0 aliphatic heterocycles. The lowest BCUT2D eigenvalue weighted by molar-refractivity contribution is -0.130. The molecule has 0 spiro atoms. The lowest BCUT2D eigenvalue weighted by Crippen LogP contribution is -2.05. The molecule has 0 aliphatic rings. The number of carbonyl (C=O) groups is 2. The summed E-state index contributed by atoms with van der Waals surface area (Å²) in [7, 11) is 0. The Morgan fingerprint density at radius 2 is 2.00 bits per heavy atom. The van der Waals surface area contributed by atoms with Gasteiger partial charge in [0, 0.05) is 24.1 Å². The summed E-state index contributed by atoms with van der Waals surface area (Å²) in [6.07, 6.45) is 4.83. The molecule has 6 nitrogen and oxygen atoms in total. The van der Waals surface area contributed by atoms with E-state index in [2.05, 4.69) is 15.3 Å². The first-order valence-electron chi connectivity index (χ1n) is 7.30. The Balaban J connectivity index is 2.10.